The zero-order valence-corrected chi connectivity index (χ0v) is 7.73. The molecule has 0 aromatic carbocycles. The molecule has 0 spiro atoms. The Kier molecular flexibility index (Phi) is 4.55. The SMILES string of the molecule is CC(C)=CC(=O)NCC(F)(F)CN. The topological polar surface area (TPSA) is 55.1 Å². The Bertz CT molecular complexity index is 210. The Morgan fingerprint density at radius 2 is 2.08 bits per heavy atom. The lowest BCUT2D eigenvalue weighted by Crippen LogP contribution is -2.41. The summed E-state index contributed by atoms with van der Waals surface area (Å²) in [6.07, 6.45) is 1.26. The third-order valence-electron chi connectivity index (χ3n) is 1.24. The van der Waals surface area contributed by atoms with Crippen LogP contribution in [0.3, 0.4) is 0 Å². The molecule has 13 heavy (non-hydrogen) atoms. The smallest absolute Gasteiger partial charge is 0.277 e. The second-order valence-electron chi connectivity index (χ2n) is 3.00. The molecule has 0 aromatic heterocycles. The largest absolute Gasteiger partial charge is 0.346 e. The molecule has 0 heterocycles. The van der Waals surface area contributed by atoms with Crippen LogP contribution in [0.4, 0.5) is 8.78 Å². The van der Waals surface area contributed by atoms with Crippen molar-refractivity contribution in [2.45, 2.75) is 19.8 Å². The van der Waals surface area contributed by atoms with Crippen molar-refractivity contribution < 1.29 is 13.6 Å². The lowest BCUT2D eigenvalue weighted by Gasteiger charge is -2.13. The van der Waals surface area contributed by atoms with Gasteiger partial charge in [0.1, 0.15) is 0 Å². The van der Waals surface area contributed by atoms with Crippen LogP contribution in [0.15, 0.2) is 11.6 Å². The molecule has 0 aliphatic heterocycles. The number of allylic oxidation sites excluding steroid dienone is 1. The number of carbonyl (C=O) groups excluding carboxylic acids is 1. The zero-order valence-electron chi connectivity index (χ0n) is 7.73. The molecule has 0 bridgehead atoms. The van der Waals surface area contributed by atoms with Gasteiger partial charge in [-0.25, -0.2) is 8.78 Å². The minimum atomic E-state index is -3.02. The van der Waals surface area contributed by atoms with Gasteiger partial charge >= 0.3 is 0 Å². The first-order valence-corrected chi connectivity index (χ1v) is 3.88. The van der Waals surface area contributed by atoms with Gasteiger partial charge in [-0.15, -0.1) is 0 Å². The highest BCUT2D eigenvalue weighted by Gasteiger charge is 2.26. The molecule has 0 saturated carbocycles. The van der Waals surface area contributed by atoms with Crippen molar-refractivity contribution in [1.82, 2.24) is 5.32 Å². The molecule has 0 unspecified atom stereocenters. The summed E-state index contributed by atoms with van der Waals surface area (Å²) in [4.78, 5) is 10.9. The standard InChI is InChI=1S/C8H14F2N2O/c1-6(2)3-7(13)12-5-8(9,10)4-11/h3H,4-5,11H2,1-2H3,(H,12,13). The van der Waals surface area contributed by atoms with Crippen molar-refractivity contribution in [3.05, 3.63) is 11.6 Å². The normalized spacial score (nSPS) is 10.8. The van der Waals surface area contributed by atoms with E-state index in [2.05, 4.69) is 5.32 Å². The monoisotopic (exact) mass is 192 g/mol. The van der Waals surface area contributed by atoms with Crippen molar-refractivity contribution in [3.63, 3.8) is 0 Å². The molecule has 76 valence electrons. The summed E-state index contributed by atoms with van der Waals surface area (Å²) in [5.41, 5.74) is 5.53. The summed E-state index contributed by atoms with van der Waals surface area (Å²) in [6.45, 7) is 1.94. The van der Waals surface area contributed by atoms with E-state index in [0.717, 1.165) is 5.57 Å². The van der Waals surface area contributed by atoms with Crippen molar-refractivity contribution in [1.29, 1.82) is 0 Å². The van der Waals surface area contributed by atoms with E-state index >= 15 is 0 Å². The first-order valence-electron chi connectivity index (χ1n) is 3.88. The highest BCUT2D eigenvalue weighted by atomic mass is 19.3. The van der Waals surface area contributed by atoms with Crippen LogP contribution in [-0.2, 0) is 4.79 Å². The number of amides is 1. The Morgan fingerprint density at radius 1 is 1.54 bits per heavy atom. The lowest BCUT2D eigenvalue weighted by atomic mass is 10.3. The number of hydrogen-bond donors (Lipinski definition) is 2. The van der Waals surface area contributed by atoms with Crippen LogP contribution in [0.25, 0.3) is 0 Å². The van der Waals surface area contributed by atoms with E-state index in [0.29, 0.717) is 0 Å². The number of halogens is 2. The van der Waals surface area contributed by atoms with Gasteiger partial charge in [0.05, 0.1) is 13.1 Å². The molecule has 0 fully saturated rings. The average Bonchev–Trinajstić information content (AvgIpc) is 2.00. The molecule has 0 rings (SSSR count). The minimum Gasteiger partial charge on any atom is -0.346 e. The van der Waals surface area contributed by atoms with E-state index in [9.17, 15) is 13.6 Å². The highest BCUT2D eigenvalue weighted by molar-refractivity contribution is 5.88. The van der Waals surface area contributed by atoms with Crippen molar-refractivity contribution in [2.24, 2.45) is 5.73 Å². The quantitative estimate of drug-likeness (QED) is 0.643. The highest BCUT2D eigenvalue weighted by Crippen LogP contribution is 2.08. The fourth-order valence-electron chi connectivity index (χ4n) is 0.602. The lowest BCUT2D eigenvalue weighted by molar-refractivity contribution is -0.118. The zero-order chi connectivity index (χ0) is 10.5. The van der Waals surface area contributed by atoms with Crippen LogP contribution in [0.2, 0.25) is 0 Å². The van der Waals surface area contributed by atoms with Gasteiger partial charge in [0.2, 0.25) is 5.91 Å². The van der Waals surface area contributed by atoms with Crippen LogP contribution < -0.4 is 11.1 Å². The van der Waals surface area contributed by atoms with E-state index < -0.39 is 24.9 Å². The van der Waals surface area contributed by atoms with Gasteiger partial charge in [0.25, 0.3) is 5.92 Å². The Morgan fingerprint density at radius 3 is 2.46 bits per heavy atom. The Balaban J connectivity index is 3.90. The molecule has 3 N–H and O–H groups in total. The van der Waals surface area contributed by atoms with Gasteiger partial charge in [-0.1, -0.05) is 5.57 Å². The molecule has 0 aliphatic carbocycles. The molecule has 1 amide bonds. The first kappa shape index (κ1) is 12.0. The molecule has 5 heteroatoms. The fourth-order valence-corrected chi connectivity index (χ4v) is 0.602. The summed E-state index contributed by atoms with van der Waals surface area (Å²) in [6, 6.07) is 0. The van der Waals surface area contributed by atoms with Gasteiger partial charge in [-0.2, -0.15) is 0 Å². The van der Waals surface area contributed by atoms with E-state index in [1.807, 2.05) is 0 Å². The number of hydrogen-bond acceptors (Lipinski definition) is 2. The van der Waals surface area contributed by atoms with Gasteiger partial charge in [-0.05, 0) is 13.8 Å². The molecular weight excluding hydrogens is 178 g/mol. The van der Waals surface area contributed by atoms with Crippen molar-refractivity contribution in [3.8, 4) is 0 Å². The van der Waals surface area contributed by atoms with E-state index in [1.54, 1.807) is 13.8 Å². The summed E-state index contributed by atoms with van der Waals surface area (Å²) < 4.78 is 25.0. The van der Waals surface area contributed by atoms with E-state index in [4.69, 9.17) is 5.73 Å². The number of carbonyl (C=O) groups is 1. The van der Waals surface area contributed by atoms with Crippen LogP contribution in [0.5, 0.6) is 0 Å². The molecule has 0 radical (unpaired) electrons. The maximum atomic E-state index is 12.5. The summed E-state index contributed by atoms with van der Waals surface area (Å²) in [5, 5.41) is 2.06. The molecule has 0 aliphatic rings. The van der Waals surface area contributed by atoms with Crippen LogP contribution in [0.1, 0.15) is 13.8 Å². The fraction of sp³-hybridized carbons (Fsp3) is 0.625. The Hall–Kier alpha value is -0.970. The molecular formula is C8H14F2N2O. The summed E-state index contributed by atoms with van der Waals surface area (Å²) >= 11 is 0. The minimum absolute atomic E-state index is 0.520. The van der Waals surface area contributed by atoms with Gasteiger partial charge < -0.3 is 11.1 Å². The second kappa shape index (κ2) is 4.91. The van der Waals surface area contributed by atoms with Crippen molar-refractivity contribution >= 4 is 5.91 Å². The number of nitrogens with one attached hydrogen (secondary N) is 1. The maximum absolute atomic E-state index is 12.5. The molecule has 0 saturated heterocycles. The predicted molar refractivity (Wildman–Crippen MR) is 46.4 cm³/mol. The third-order valence-corrected chi connectivity index (χ3v) is 1.24. The van der Waals surface area contributed by atoms with Gasteiger partial charge in [0, 0.05) is 6.08 Å². The number of nitrogens with two attached hydrogens (primary N) is 1. The van der Waals surface area contributed by atoms with Gasteiger partial charge in [0.15, 0.2) is 0 Å². The number of alkyl halides is 2. The molecule has 3 nitrogen and oxygen atoms in total. The van der Waals surface area contributed by atoms with Crippen molar-refractivity contribution in [2.75, 3.05) is 13.1 Å². The molecule has 0 atom stereocenters. The predicted octanol–water partition coefficient (Wildman–Crippen LogP) is 0.663. The Labute approximate surface area is 76.0 Å². The average molecular weight is 192 g/mol. The number of rotatable bonds is 4. The summed E-state index contributed by atoms with van der Waals surface area (Å²) in [5.74, 6) is -3.54. The van der Waals surface area contributed by atoms with E-state index in [1.165, 1.54) is 6.08 Å². The van der Waals surface area contributed by atoms with Crippen LogP contribution >= 0.6 is 0 Å². The summed E-state index contributed by atoms with van der Waals surface area (Å²) in [7, 11) is 0. The van der Waals surface area contributed by atoms with Crippen LogP contribution in [0, 0.1) is 0 Å². The van der Waals surface area contributed by atoms with E-state index in [-0.39, 0.29) is 0 Å². The van der Waals surface area contributed by atoms with Crippen LogP contribution in [-0.4, -0.2) is 24.9 Å². The first-order chi connectivity index (χ1) is 5.87. The van der Waals surface area contributed by atoms with Gasteiger partial charge in [-0.3, -0.25) is 4.79 Å². The second-order valence-corrected chi connectivity index (χ2v) is 3.00. The molecule has 0 aromatic rings. The third kappa shape index (κ3) is 6.21. The maximum Gasteiger partial charge on any atom is 0.277 e.